The fraction of sp³-hybridized carbons (Fsp3) is 0.417. The van der Waals surface area contributed by atoms with Crippen molar-refractivity contribution in [1.82, 2.24) is 0 Å². The smallest absolute Gasteiger partial charge is 0.238 e. The topological polar surface area (TPSA) is 92.5 Å². The number of amides is 1. The second kappa shape index (κ2) is 5.58. The zero-order valence-electron chi connectivity index (χ0n) is 10.5. The third-order valence-corrected chi connectivity index (χ3v) is 4.84. The van der Waals surface area contributed by atoms with Crippen LogP contribution in [0.4, 0.5) is 11.4 Å². The summed E-state index contributed by atoms with van der Waals surface area (Å²) in [5, 5.41) is 2.61. The minimum atomic E-state index is -3.19. The predicted octanol–water partition coefficient (Wildman–Crippen LogP) is 0.514. The van der Waals surface area contributed by atoms with Gasteiger partial charge < -0.3 is 11.1 Å². The van der Waals surface area contributed by atoms with Gasteiger partial charge in [0.05, 0.1) is 18.0 Å². The summed E-state index contributed by atoms with van der Waals surface area (Å²) in [6.45, 7) is 0.430. The first-order valence-corrected chi connectivity index (χ1v) is 7.74. The fourth-order valence-electron chi connectivity index (χ4n) is 2.00. The predicted molar refractivity (Wildman–Crippen MR) is 74.5 cm³/mol. The van der Waals surface area contributed by atoms with E-state index >= 15 is 0 Å². The Labute approximate surface area is 112 Å². The van der Waals surface area contributed by atoms with Gasteiger partial charge in [-0.25, -0.2) is 8.42 Å². The minimum absolute atomic E-state index is 0.0811. The highest BCUT2D eigenvalue weighted by Gasteiger charge is 2.25. The van der Waals surface area contributed by atoms with Gasteiger partial charge in [-0.1, -0.05) is 0 Å². The van der Waals surface area contributed by atoms with Gasteiger partial charge in [0.15, 0.2) is 0 Å². The molecule has 0 spiro atoms. The minimum Gasteiger partial charge on any atom is -0.325 e. The van der Waals surface area contributed by atoms with E-state index in [2.05, 4.69) is 5.32 Å². The van der Waals surface area contributed by atoms with Crippen LogP contribution in [0.25, 0.3) is 0 Å². The Bertz CT molecular complexity index is 554. The molecule has 0 unspecified atom stereocenters. The molecule has 1 aromatic carbocycles. The van der Waals surface area contributed by atoms with Crippen molar-refractivity contribution in [3.63, 3.8) is 0 Å². The first-order chi connectivity index (χ1) is 9.03. The Morgan fingerprint density at radius 2 is 1.95 bits per heavy atom. The van der Waals surface area contributed by atoms with Crippen LogP contribution in [-0.4, -0.2) is 33.2 Å². The molecule has 19 heavy (non-hydrogen) atoms. The number of nitrogens with one attached hydrogen (secondary N) is 1. The van der Waals surface area contributed by atoms with E-state index in [0.29, 0.717) is 24.3 Å². The van der Waals surface area contributed by atoms with Gasteiger partial charge in [-0.15, -0.1) is 0 Å². The molecular formula is C12H17N3O3S. The summed E-state index contributed by atoms with van der Waals surface area (Å²) in [6, 6.07) is 6.73. The molecule has 0 aliphatic carbocycles. The number of anilines is 2. The molecule has 6 nitrogen and oxygen atoms in total. The molecule has 0 atom stereocenters. The standard InChI is InChI=1S/C12H17N3O3S/c13-9-12(16)14-10-3-5-11(6-4-10)15-7-1-2-8-19(15,17)18/h3-6H,1-2,7-9,13H2,(H,14,16). The number of nitrogens with two attached hydrogens (primary N) is 1. The summed E-state index contributed by atoms with van der Waals surface area (Å²) in [5.41, 5.74) is 6.44. The van der Waals surface area contributed by atoms with E-state index < -0.39 is 10.0 Å². The second-order valence-electron chi connectivity index (χ2n) is 4.39. The monoisotopic (exact) mass is 283 g/mol. The number of carbonyl (C=O) groups is 1. The largest absolute Gasteiger partial charge is 0.325 e. The SMILES string of the molecule is NCC(=O)Nc1ccc(N2CCCCS2(=O)=O)cc1. The summed E-state index contributed by atoms with van der Waals surface area (Å²) in [5.74, 6) is -0.0862. The van der Waals surface area contributed by atoms with E-state index in [1.807, 2.05) is 0 Å². The van der Waals surface area contributed by atoms with Gasteiger partial charge in [-0.2, -0.15) is 0 Å². The number of sulfonamides is 1. The lowest BCUT2D eigenvalue weighted by Gasteiger charge is -2.28. The van der Waals surface area contributed by atoms with Crippen LogP contribution in [0.5, 0.6) is 0 Å². The van der Waals surface area contributed by atoms with Crippen LogP contribution >= 0.6 is 0 Å². The van der Waals surface area contributed by atoms with Crippen molar-refractivity contribution in [1.29, 1.82) is 0 Å². The van der Waals surface area contributed by atoms with Crippen molar-refractivity contribution >= 4 is 27.3 Å². The van der Waals surface area contributed by atoms with E-state index in [-0.39, 0.29) is 18.2 Å². The summed E-state index contributed by atoms with van der Waals surface area (Å²) in [7, 11) is -3.19. The fourth-order valence-corrected chi connectivity index (χ4v) is 3.64. The second-order valence-corrected chi connectivity index (χ2v) is 6.41. The molecule has 104 valence electrons. The van der Waals surface area contributed by atoms with Crippen LogP contribution in [0.2, 0.25) is 0 Å². The molecule has 1 aromatic rings. The van der Waals surface area contributed by atoms with Gasteiger partial charge in [-0.3, -0.25) is 9.10 Å². The van der Waals surface area contributed by atoms with Crippen molar-refractivity contribution in [3.05, 3.63) is 24.3 Å². The van der Waals surface area contributed by atoms with Crippen molar-refractivity contribution in [2.24, 2.45) is 5.73 Å². The average Bonchev–Trinajstić information content (AvgIpc) is 2.39. The quantitative estimate of drug-likeness (QED) is 0.845. The van der Waals surface area contributed by atoms with Crippen LogP contribution in [0.3, 0.4) is 0 Å². The molecule has 1 aliphatic heterocycles. The molecule has 1 amide bonds. The maximum atomic E-state index is 11.9. The number of rotatable bonds is 3. The molecule has 1 aliphatic rings. The van der Waals surface area contributed by atoms with Gasteiger partial charge >= 0.3 is 0 Å². The molecule has 2 rings (SSSR count). The first-order valence-electron chi connectivity index (χ1n) is 6.13. The van der Waals surface area contributed by atoms with E-state index in [0.717, 1.165) is 6.42 Å². The third-order valence-electron chi connectivity index (χ3n) is 2.97. The highest BCUT2D eigenvalue weighted by atomic mass is 32.2. The Kier molecular flexibility index (Phi) is 4.06. The molecule has 0 bridgehead atoms. The molecule has 0 saturated carbocycles. The van der Waals surface area contributed by atoms with E-state index in [9.17, 15) is 13.2 Å². The van der Waals surface area contributed by atoms with E-state index in [4.69, 9.17) is 5.73 Å². The van der Waals surface area contributed by atoms with Crippen LogP contribution in [0.1, 0.15) is 12.8 Å². The third kappa shape index (κ3) is 3.24. The molecule has 1 saturated heterocycles. The Hall–Kier alpha value is -1.60. The van der Waals surface area contributed by atoms with E-state index in [1.54, 1.807) is 24.3 Å². The number of carbonyl (C=O) groups excluding carboxylic acids is 1. The summed E-state index contributed by atoms with van der Waals surface area (Å²) in [4.78, 5) is 11.1. The maximum Gasteiger partial charge on any atom is 0.238 e. The summed E-state index contributed by atoms with van der Waals surface area (Å²) in [6.07, 6.45) is 1.58. The Morgan fingerprint density at radius 3 is 2.53 bits per heavy atom. The number of hydrogen-bond acceptors (Lipinski definition) is 4. The number of hydrogen-bond donors (Lipinski definition) is 2. The van der Waals surface area contributed by atoms with Crippen LogP contribution in [-0.2, 0) is 14.8 Å². The lowest BCUT2D eigenvalue weighted by atomic mass is 10.2. The molecule has 1 heterocycles. The average molecular weight is 283 g/mol. The van der Waals surface area contributed by atoms with Gasteiger partial charge in [0.2, 0.25) is 15.9 Å². The summed E-state index contributed by atoms with van der Waals surface area (Å²) < 4.78 is 25.3. The normalized spacial score (nSPS) is 18.1. The lowest BCUT2D eigenvalue weighted by Crippen LogP contribution is -2.37. The van der Waals surface area contributed by atoms with Crippen LogP contribution in [0.15, 0.2) is 24.3 Å². The maximum absolute atomic E-state index is 11.9. The van der Waals surface area contributed by atoms with Crippen molar-refractivity contribution in [2.75, 3.05) is 28.5 Å². The number of benzene rings is 1. The zero-order chi connectivity index (χ0) is 13.9. The highest BCUT2D eigenvalue weighted by Crippen LogP contribution is 2.24. The van der Waals surface area contributed by atoms with Crippen molar-refractivity contribution in [3.8, 4) is 0 Å². The zero-order valence-corrected chi connectivity index (χ0v) is 11.3. The van der Waals surface area contributed by atoms with Crippen molar-refractivity contribution in [2.45, 2.75) is 12.8 Å². The lowest BCUT2D eigenvalue weighted by molar-refractivity contribution is -0.114. The van der Waals surface area contributed by atoms with Crippen LogP contribution in [0, 0.1) is 0 Å². The Balaban J connectivity index is 2.16. The molecule has 7 heteroatoms. The van der Waals surface area contributed by atoms with Crippen molar-refractivity contribution < 1.29 is 13.2 Å². The molecule has 1 fully saturated rings. The van der Waals surface area contributed by atoms with Gasteiger partial charge in [0, 0.05) is 12.2 Å². The highest BCUT2D eigenvalue weighted by molar-refractivity contribution is 7.92. The molecule has 0 radical (unpaired) electrons. The van der Waals surface area contributed by atoms with Gasteiger partial charge in [0.1, 0.15) is 0 Å². The molecular weight excluding hydrogens is 266 g/mol. The molecule has 3 N–H and O–H groups in total. The first kappa shape index (κ1) is 13.8. The van der Waals surface area contributed by atoms with Gasteiger partial charge in [-0.05, 0) is 37.1 Å². The van der Waals surface area contributed by atoms with Crippen LogP contribution < -0.4 is 15.4 Å². The summed E-state index contributed by atoms with van der Waals surface area (Å²) >= 11 is 0. The Morgan fingerprint density at radius 1 is 1.26 bits per heavy atom. The molecule has 0 aromatic heterocycles. The number of nitrogens with zero attached hydrogens (tertiary/aromatic N) is 1. The van der Waals surface area contributed by atoms with E-state index in [1.165, 1.54) is 4.31 Å². The van der Waals surface area contributed by atoms with Gasteiger partial charge in [0.25, 0.3) is 0 Å².